The molecule has 3 aromatic carbocycles. The predicted octanol–water partition coefficient (Wildman–Crippen LogP) is 13.5. The number of rotatable bonds is 8. The van der Waals surface area contributed by atoms with E-state index in [9.17, 15) is 0 Å². The zero-order valence-electron chi connectivity index (χ0n) is 32.4. The average molecular weight is 641 g/mol. The molecule has 5 rings (SSSR count). The summed E-state index contributed by atoms with van der Waals surface area (Å²) in [4.78, 5) is 4.96. The van der Waals surface area contributed by atoms with Crippen molar-refractivity contribution in [3.05, 3.63) is 129 Å². The standard InChI is InChI=1S/C46H60N2/c1-15-46(13,14)37-28-41(29-37)48(43-33(5)26-36(27-34(43)6)45(10,11)12)40-22-20-39(21-23-40)47(38-18-16-30(2)17-19-38)42-31(3)24-35(25-32(42)4)44(7,8)9/h16,18-30H,15,17H2,1-14H3. The van der Waals surface area contributed by atoms with Gasteiger partial charge in [-0.3, -0.25) is 0 Å². The van der Waals surface area contributed by atoms with Gasteiger partial charge in [-0.05, 0) is 144 Å². The minimum Gasteiger partial charge on any atom is -0.310 e. The Morgan fingerprint density at radius 1 is 0.625 bits per heavy atom. The van der Waals surface area contributed by atoms with E-state index < -0.39 is 0 Å². The largest absolute Gasteiger partial charge is 0.310 e. The van der Waals surface area contributed by atoms with Gasteiger partial charge in [0.25, 0.3) is 0 Å². The van der Waals surface area contributed by atoms with Crippen molar-refractivity contribution in [1.29, 1.82) is 0 Å². The number of benzene rings is 3. The summed E-state index contributed by atoms with van der Waals surface area (Å²) in [6.45, 7) is 32.2. The van der Waals surface area contributed by atoms with Crippen molar-refractivity contribution in [2.75, 3.05) is 9.80 Å². The summed E-state index contributed by atoms with van der Waals surface area (Å²) < 4.78 is 0. The summed E-state index contributed by atoms with van der Waals surface area (Å²) in [5, 5.41) is 0. The van der Waals surface area contributed by atoms with Crippen LogP contribution in [0.1, 0.15) is 115 Å². The Labute approximate surface area is 293 Å². The van der Waals surface area contributed by atoms with Gasteiger partial charge in [0.15, 0.2) is 0 Å². The van der Waals surface area contributed by atoms with Crippen molar-refractivity contribution < 1.29 is 0 Å². The Balaban J connectivity index is 1.63. The van der Waals surface area contributed by atoms with Gasteiger partial charge in [-0.15, -0.1) is 0 Å². The van der Waals surface area contributed by atoms with E-state index >= 15 is 0 Å². The van der Waals surface area contributed by atoms with Crippen molar-refractivity contribution in [2.24, 2.45) is 11.3 Å². The second kappa shape index (κ2) is 12.9. The molecule has 0 aromatic heterocycles. The SMILES string of the molecule is CCC(C)(C)C1=CC(N(c2ccc(N(C3=CCC(C)C=C3)c3c(C)cc(C(C)(C)C)cc3C)cc2)c2c(C)cc(C(C)(C)C)cc2C)=C1. The highest BCUT2D eigenvalue weighted by Gasteiger charge is 2.30. The van der Waals surface area contributed by atoms with Gasteiger partial charge in [0, 0.05) is 22.8 Å². The van der Waals surface area contributed by atoms with Crippen LogP contribution in [-0.4, -0.2) is 0 Å². The van der Waals surface area contributed by atoms with Gasteiger partial charge in [-0.2, -0.15) is 0 Å². The molecule has 0 N–H and O–H groups in total. The molecular formula is C46H60N2. The third kappa shape index (κ3) is 7.00. The molecule has 0 fully saturated rings. The fraction of sp³-hybridized carbons (Fsp3) is 0.435. The highest BCUT2D eigenvalue weighted by molar-refractivity contribution is 5.81. The molecule has 0 spiro atoms. The summed E-state index contributed by atoms with van der Waals surface area (Å²) in [5.41, 5.74) is 17.2. The van der Waals surface area contributed by atoms with Gasteiger partial charge in [-0.1, -0.05) is 106 Å². The van der Waals surface area contributed by atoms with Crippen LogP contribution in [0.4, 0.5) is 22.7 Å². The first kappa shape index (κ1) is 35.5. The Morgan fingerprint density at radius 2 is 1.02 bits per heavy atom. The number of allylic oxidation sites excluding steroid dienone is 6. The third-order valence-electron chi connectivity index (χ3n) is 10.6. The molecule has 3 aromatic rings. The second-order valence-electron chi connectivity index (χ2n) is 17.2. The molecule has 0 radical (unpaired) electrons. The Morgan fingerprint density at radius 3 is 1.35 bits per heavy atom. The lowest BCUT2D eigenvalue weighted by atomic mass is 9.77. The lowest BCUT2D eigenvalue weighted by molar-refractivity contribution is 0.435. The summed E-state index contributed by atoms with van der Waals surface area (Å²) in [6.07, 6.45) is 14.0. The molecule has 254 valence electrons. The molecule has 0 saturated heterocycles. The van der Waals surface area contributed by atoms with Crippen LogP contribution in [-0.2, 0) is 10.8 Å². The van der Waals surface area contributed by atoms with Crippen molar-refractivity contribution in [3.63, 3.8) is 0 Å². The molecule has 0 heterocycles. The van der Waals surface area contributed by atoms with Gasteiger partial charge in [0.05, 0.1) is 11.4 Å². The van der Waals surface area contributed by atoms with E-state index in [1.54, 1.807) is 0 Å². The molecule has 1 atom stereocenters. The third-order valence-corrected chi connectivity index (χ3v) is 10.6. The first-order valence-corrected chi connectivity index (χ1v) is 18.1. The van der Waals surface area contributed by atoms with Crippen LogP contribution >= 0.6 is 0 Å². The fourth-order valence-corrected chi connectivity index (χ4v) is 6.96. The summed E-state index contributed by atoms with van der Waals surface area (Å²) in [6, 6.07) is 18.8. The molecule has 0 amide bonds. The van der Waals surface area contributed by atoms with Crippen molar-refractivity contribution >= 4 is 22.7 Å². The van der Waals surface area contributed by atoms with Gasteiger partial charge in [-0.25, -0.2) is 0 Å². The first-order chi connectivity index (χ1) is 22.3. The van der Waals surface area contributed by atoms with E-state index in [1.807, 2.05) is 0 Å². The molecule has 1 unspecified atom stereocenters. The van der Waals surface area contributed by atoms with E-state index in [1.165, 1.54) is 73.1 Å². The topological polar surface area (TPSA) is 6.48 Å². The lowest BCUT2D eigenvalue weighted by Gasteiger charge is -2.38. The Kier molecular flexibility index (Phi) is 9.56. The summed E-state index contributed by atoms with van der Waals surface area (Å²) in [5.74, 6) is 0.555. The molecule has 0 saturated carbocycles. The zero-order chi connectivity index (χ0) is 35.3. The Hall–Kier alpha value is -3.78. The van der Waals surface area contributed by atoms with E-state index in [4.69, 9.17) is 0 Å². The average Bonchev–Trinajstić information content (AvgIpc) is 2.96. The number of hydrogen-bond acceptors (Lipinski definition) is 2. The second-order valence-corrected chi connectivity index (χ2v) is 17.2. The van der Waals surface area contributed by atoms with Crippen LogP contribution in [0, 0.1) is 39.0 Å². The lowest BCUT2D eigenvalue weighted by Crippen LogP contribution is -2.26. The highest BCUT2D eigenvalue weighted by atomic mass is 15.2. The molecule has 2 aliphatic carbocycles. The monoisotopic (exact) mass is 640 g/mol. The summed E-state index contributed by atoms with van der Waals surface area (Å²) >= 11 is 0. The molecule has 48 heavy (non-hydrogen) atoms. The van der Waals surface area contributed by atoms with Crippen LogP contribution < -0.4 is 9.80 Å². The van der Waals surface area contributed by atoms with Crippen molar-refractivity contribution in [3.8, 4) is 0 Å². The maximum atomic E-state index is 2.48. The van der Waals surface area contributed by atoms with Crippen molar-refractivity contribution in [2.45, 2.75) is 121 Å². The van der Waals surface area contributed by atoms with Gasteiger partial charge in [0.1, 0.15) is 0 Å². The van der Waals surface area contributed by atoms with Crippen LogP contribution in [0.2, 0.25) is 0 Å². The van der Waals surface area contributed by atoms with E-state index in [0.29, 0.717) is 5.92 Å². The Bertz CT molecular complexity index is 1760. The molecular weight excluding hydrogens is 581 g/mol. The smallest absolute Gasteiger partial charge is 0.0520 e. The van der Waals surface area contributed by atoms with Crippen LogP contribution in [0.3, 0.4) is 0 Å². The quantitative estimate of drug-likeness (QED) is 0.242. The number of nitrogens with zero attached hydrogens (tertiary/aromatic N) is 2. The molecule has 0 aliphatic heterocycles. The van der Waals surface area contributed by atoms with E-state index in [0.717, 1.165) is 12.8 Å². The molecule has 2 heteroatoms. The van der Waals surface area contributed by atoms with Gasteiger partial charge < -0.3 is 9.80 Å². The zero-order valence-corrected chi connectivity index (χ0v) is 32.4. The number of anilines is 4. The molecule has 2 aliphatic rings. The minimum absolute atomic E-state index is 0.0966. The minimum atomic E-state index is 0.0966. The van der Waals surface area contributed by atoms with E-state index in [-0.39, 0.29) is 16.2 Å². The highest BCUT2D eigenvalue weighted by Crippen LogP contribution is 2.46. The van der Waals surface area contributed by atoms with Gasteiger partial charge >= 0.3 is 0 Å². The number of hydrogen-bond donors (Lipinski definition) is 0. The predicted molar refractivity (Wildman–Crippen MR) is 211 cm³/mol. The molecule has 2 nitrogen and oxygen atoms in total. The van der Waals surface area contributed by atoms with E-state index in [2.05, 4.69) is 186 Å². The van der Waals surface area contributed by atoms with Crippen molar-refractivity contribution in [1.82, 2.24) is 0 Å². The normalized spacial score (nSPS) is 16.6. The first-order valence-electron chi connectivity index (χ1n) is 18.1. The van der Waals surface area contributed by atoms with Gasteiger partial charge in [0.2, 0.25) is 0 Å². The fourth-order valence-electron chi connectivity index (χ4n) is 6.96. The summed E-state index contributed by atoms with van der Waals surface area (Å²) in [7, 11) is 0. The van der Waals surface area contributed by atoms with Crippen LogP contribution in [0.25, 0.3) is 0 Å². The maximum absolute atomic E-state index is 2.48. The van der Waals surface area contributed by atoms with Crippen LogP contribution in [0.5, 0.6) is 0 Å². The molecule has 0 bridgehead atoms. The number of aryl methyl sites for hydroxylation is 4. The van der Waals surface area contributed by atoms with Crippen LogP contribution in [0.15, 0.2) is 95.9 Å². The maximum Gasteiger partial charge on any atom is 0.0520 e.